The normalized spacial score (nSPS) is 18.1. The van der Waals surface area contributed by atoms with Crippen LogP contribution in [0.2, 0.25) is 0 Å². The summed E-state index contributed by atoms with van der Waals surface area (Å²) >= 11 is 0. The van der Waals surface area contributed by atoms with Gasteiger partial charge in [0.1, 0.15) is 5.84 Å². The van der Waals surface area contributed by atoms with Gasteiger partial charge in [-0.05, 0) is 25.7 Å². The fourth-order valence-corrected chi connectivity index (χ4v) is 11.8. The first-order chi connectivity index (χ1) is 23.5. The lowest BCUT2D eigenvalue weighted by Gasteiger charge is -2.31. The average Bonchev–Trinajstić information content (AvgIpc) is 3.21. The molecule has 0 saturated carbocycles. The number of amidine groups is 1. The summed E-state index contributed by atoms with van der Waals surface area (Å²) in [5.41, 5.74) is -21.2. The van der Waals surface area contributed by atoms with Crippen molar-refractivity contribution in [2.45, 2.75) is 158 Å². The van der Waals surface area contributed by atoms with Gasteiger partial charge in [-0.1, -0.05) is 116 Å². The van der Waals surface area contributed by atoms with Gasteiger partial charge < -0.3 is 4.90 Å². The number of rotatable bonds is 20. The van der Waals surface area contributed by atoms with E-state index in [2.05, 4.69) is 11.8 Å². The first-order valence-corrected chi connectivity index (χ1v) is 22.1. The van der Waals surface area contributed by atoms with Crippen LogP contribution < -0.4 is 0 Å². The molecule has 0 aromatic carbocycles. The number of unbranched alkanes of at least 4 members (excludes halogenated alkanes) is 15. The second-order valence-electron chi connectivity index (χ2n) is 13.0. The minimum Gasteiger partial charge on any atom is -0.360 e. The van der Waals surface area contributed by atoms with Crippen molar-refractivity contribution < 1.29 is 64.8 Å². The van der Waals surface area contributed by atoms with Crippen LogP contribution in [0.4, 0.5) is 39.5 Å². The molecular formula is C31H52F9N2O6S3-. The van der Waals surface area contributed by atoms with Gasteiger partial charge in [-0.2, -0.15) is 39.5 Å². The fraction of sp³-hybridized carbons (Fsp3) is 0.935. The van der Waals surface area contributed by atoms with E-state index >= 15 is 0 Å². The number of aliphatic imine (C=N–C) groups is 1. The lowest BCUT2D eigenvalue weighted by Crippen LogP contribution is -2.47. The lowest BCUT2D eigenvalue weighted by molar-refractivity contribution is -0.0471. The zero-order valence-corrected chi connectivity index (χ0v) is 31.5. The highest BCUT2D eigenvalue weighted by molar-refractivity contribution is 8.29. The van der Waals surface area contributed by atoms with Crippen molar-refractivity contribution >= 4 is 35.3 Å². The molecule has 1 atom stereocenters. The zero-order valence-electron chi connectivity index (χ0n) is 29.0. The maximum Gasteiger partial charge on any atom is 0.470 e. The SMILES string of the molecule is CCCCCCCCCCCCCCCCCCC1CCCCN2CCCN=C12.O=S(=O)([C-](S(=O)(=O)C(F)(F)F)S(=O)(=O)C(F)(F)F)C(F)(F)F. The number of alkyl halides is 9. The molecule has 2 heterocycles. The molecular weight excluding hydrogens is 764 g/mol. The predicted molar refractivity (Wildman–Crippen MR) is 178 cm³/mol. The van der Waals surface area contributed by atoms with Crippen molar-refractivity contribution in [1.29, 1.82) is 0 Å². The van der Waals surface area contributed by atoms with Crippen LogP contribution in [0.15, 0.2) is 4.99 Å². The molecule has 0 aliphatic carbocycles. The topological polar surface area (TPSA) is 118 Å². The van der Waals surface area contributed by atoms with E-state index in [1.807, 2.05) is 0 Å². The maximum absolute atomic E-state index is 12.0. The number of sulfone groups is 3. The van der Waals surface area contributed by atoms with Crippen molar-refractivity contribution in [2.75, 3.05) is 19.6 Å². The van der Waals surface area contributed by atoms with Gasteiger partial charge in [0.25, 0.3) is 0 Å². The quantitative estimate of drug-likeness (QED) is 0.0682. The summed E-state index contributed by atoms with van der Waals surface area (Å²) in [5.74, 6) is 2.28. The van der Waals surface area contributed by atoms with E-state index in [1.165, 1.54) is 154 Å². The third-order valence-corrected chi connectivity index (χ3v) is 15.9. The lowest BCUT2D eigenvalue weighted by atomic mass is 9.94. The Hall–Kier alpha value is -1.31. The van der Waals surface area contributed by atoms with Gasteiger partial charge in [0, 0.05) is 25.6 Å². The molecule has 1 saturated heterocycles. The number of nitrogens with zero attached hydrogens (tertiary/aromatic N) is 2. The number of hydrogen-bond donors (Lipinski definition) is 0. The van der Waals surface area contributed by atoms with Gasteiger partial charge in [0.15, 0.2) is 29.5 Å². The Morgan fingerprint density at radius 1 is 0.569 bits per heavy atom. The Morgan fingerprint density at radius 3 is 1.29 bits per heavy atom. The van der Waals surface area contributed by atoms with Crippen molar-refractivity contribution in [2.24, 2.45) is 10.9 Å². The second-order valence-corrected chi connectivity index (χ2v) is 19.4. The maximum atomic E-state index is 12.0. The molecule has 1 fully saturated rings. The van der Waals surface area contributed by atoms with Crippen LogP contribution in [-0.2, 0) is 29.5 Å². The summed E-state index contributed by atoms with van der Waals surface area (Å²) in [7, 11) is -24.1. The van der Waals surface area contributed by atoms with Crippen LogP contribution in [0.25, 0.3) is 0 Å². The largest absolute Gasteiger partial charge is 0.470 e. The smallest absolute Gasteiger partial charge is 0.360 e. The third-order valence-electron chi connectivity index (χ3n) is 8.76. The molecule has 0 N–H and O–H groups in total. The van der Waals surface area contributed by atoms with E-state index in [0.29, 0.717) is 0 Å². The predicted octanol–water partition coefficient (Wildman–Crippen LogP) is 9.78. The molecule has 2 rings (SSSR count). The van der Waals surface area contributed by atoms with Gasteiger partial charge in [0.05, 0.1) is 3.91 Å². The van der Waals surface area contributed by atoms with Crippen molar-refractivity contribution in [3.8, 4) is 0 Å². The molecule has 304 valence electrons. The van der Waals surface area contributed by atoms with Crippen LogP contribution in [0, 0.1) is 9.83 Å². The van der Waals surface area contributed by atoms with Crippen molar-refractivity contribution in [3.05, 3.63) is 3.91 Å². The van der Waals surface area contributed by atoms with Crippen molar-refractivity contribution in [3.63, 3.8) is 0 Å². The molecule has 20 heteroatoms. The zero-order chi connectivity index (χ0) is 39.0. The number of hydrogen-bond acceptors (Lipinski definition) is 8. The monoisotopic (exact) mass is 815 g/mol. The molecule has 2 aliphatic heterocycles. The molecule has 1 unspecified atom stereocenters. The molecule has 0 amide bonds. The van der Waals surface area contributed by atoms with Crippen LogP contribution in [0.3, 0.4) is 0 Å². The minimum absolute atomic E-state index is 0.782. The van der Waals surface area contributed by atoms with E-state index < -0.39 is 50.0 Å². The van der Waals surface area contributed by atoms with Gasteiger partial charge >= 0.3 is 16.5 Å². The van der Waals surface area contributed by atoms with E-state index in [9.17, 15) is 64.8 Å². The molecule has 0 spiro atoms. The molecule has 8 nitrogen and oxygen atoms in total. The van der Waals surface area contributed by atoms with Gasteiger partial charge in [-0.3, -0.25) is 30.2 Å². The highest BCUT2D eigenvalue weighted by Crippen LogP contribution is 2.47. The Morgan fingerprint density at radius 2 is 0.922 bits per heavy atom. The summed E-state index contributed by atoms with van der Waals surface area (Å²) in [5, 5.41) is 0. The summed E-state index contributed by atoms with van der Waals surface area (Å²) < 4.78 is 167. The van der Waals surface area contributed by atoms with Crippen molar-refractivity contribution in [1.82, 2.24) is 4.90 Å². The first-order valence-electron chi connectivity index (χ1n) is 17.6. The summed E-state index contributed by atoms with van der Waals surface area (Å²) in [6, 6.07) is 0. The van der Waals surface area contributed by atoms with Gasteiger partial charge in [-0.25, -0.2) is 0 Å². The Labute approximate surface area is 297 Å². The van der Waals surface area contributed by atoms with E-state index in [4.69, 9.17) is 4.99 Å². The summed E-state index contributed by atoms with van der Waals surface area (Å²) in [4.78, 5) is 7.55. The van der Waals surface area contributed by atoms with E-state index in [1.54, 1.807) is 0 Å². The average molecular weight is 816 g/mol. The van der Waals surface area contributed by atoms with E-state index in [0.717, 1.165) is 12.5 Å². The highest BCUT2D eigenvalue weighted by atomic mass is 32.3. The third kappa shape index (κ3) is 15.2. The molecule has 2 aliphatic rings. The van der Waals surface area contributed by atoms with Crippen LogP contribution >= 0.6 is 0 Å². The Balaban J connectivity index is 0.000000532. The number of fused-ring (bicyclic) bond motifs is 1. The van der Waals surface area contributed by atoms with Crippen LogP contribution in [0.1, 0.15) is 142 Å². The van der Waals surface area contributed by atoms with Crippen LogP contribution in [0.5, 0.6) is 0 Å². The standard InChI is InChI=1S/C27H52N2.C4F9O6S3/c1-2-3-4-5-6-7-8-9-10-11-12-13-14-15-16-17-21-26-22-18-19-24-29-25-20-23-28-27(26)29;5-2(6,7)20(14,15)1(21(16,17)3(8,9)10)22(18,19)4(11,12)13/h26H,2-25H2,1H3;/q;-1. The fourth-order valence-electron chi connectivity index (χ4n) is 6.03. The molecule has 0 aromatic rings. The Kier molecular flexibility index (Phi) is 20.2. The van der Waals surface area contributed by atoms with Crippen LogP contribution in [-0.4, -0.2) is 72.1 Å². The molecule has 0 bridgehead atoms. The van der Waals surface area contributed by atoms with Gasteiger partial charge in [-0.15, -0.1) is 0 Å². The molecule has 51 heavy (non-hydrogen) atoms. The summed E-state index contributed by atoms with van der Waals surface area (Å²) in [6.45, 7) is 5.93. The van der Waals surface area contributed by atoms with E-state index in [-0.39, 0.29) is 0 Å². The molecule has 0 aromatic heterocycles. The minimum atomic E-state index is -8.02. The van der Waals surface area contributed by atoms with Gasteiger partial charge in [0.2, 0.25) is 0 Å². The second kappa shape index (κ2) is 21.5. The summed E-state index contributed by atoms with van der Waals surface area (Å²) in [6.07, 6.45) is 30.2. The highest BCUT2D eigenvalue weighted by Gasteiger charge is 2.63. The molecule has 0 radical (unpaired) electrons. The number of halogens is 9. The first kappa shape index (κ1) is 47.7. The Bertz CT molecular complexity index is 1260.